The number of nitrogens with one attached hydrogen (secondary N) is 1. The molecule has 1 N–H and O–H groups in total. The van der Waals surface area contributed by atoms with Crippen LogP contribution in [0.15, 0.2) is 23.8 Å². The van der Waals surface area contributed by atoms with Gasteiger partial charge in [0.1, 0.15) is 0 Å². The van der Waals surface area contributed by atoms with Crippen molar-refractivity contribution >= 4 is 30.5 Å². The number of carbonyl (C=O) groups is 3. The number of amides is 2. The number of allylic oxidation sites excluding steroid dienone is 3. The minimum atomic E-state index is -0.193. The molecular formula is C27H44BNO4. The normalized spacial score (nSPS) is 17.0. The molecule has 0 aromatic heterocycles. The van der Waals surface area contributed by atoms with Crippen LogP contribution < -0.4 is 5.32 Å². The summed E-state index contributed by atoms with van der Waals surface area (Å²) < 4.78 is 5.57. The number of ketones is 1. The van der Waals surface area contributed by atoms with Crippen molar-refractivity contribution < 1.29 is 19.1 Å². The zero-order valence-corrected chi connectivity index (χ0v) is 21.3. The number of methoxy groups -OCH3 is 1. The van der Waals surface area contributed by atoms with Crippen molar-refractivity contribution in [2.45, 2.75) is 104 Å². The van der Waals surface area contributed by atoms with Crippen LogP contribution in [0, 0.1) is 11.8 Å². The number of unbranched alkanes of at least 4 members (excludes halogenated alkanes) is 2. The molecule has 2 amide bonds. The summed E-state index contributed by atoms with van der Waals surface area (Å²) in [6.07, 6.45) is 12.2. The van der Waals surface area contributed by atoms with Gasteiger partial charge in [0.2, 0.25) is 11.8 Å². The van der Waals surface area contributed by atoms with Crippen LogP contribution in [0.25, 0.3) is 0 Å². The maximum atomic E-state index is 12.5. The zero-order valence-electron chi connectivity index (χ0n) is 21.3. The molecule has 1 heterocycles. The Kier molecular flexibility index (Phi) is 14.8. The Morgan fingerprint density at radius 1 is 1.15 bits per heavy atom. The molecule has 2 atom stereocenters. The monoisotopic (exact) mass is 457 g/mol. The number of carbonyl (C=O) groups excluding carboxylic acids is 3. The topological polar surface area (TPSA) is 72.5 Å². The van der Waals surface area contributed by atoms with Gasteiger partial charge < -0.3 is 0 Å². The number of piperidine rings is 1. The van der Waals surface area contributed by atoms with Gasteiger partial charge in [0.15, 0.2) is 0 Å². The van der Waals surface area contributed by atoms with Gasteiger partial charge in [0, 0.05) is 12.8 Å². The van der Waals surface area contributed by atoms with Crippen molar-refractivity contribution in [1.82, 2.24) is 5.32 Å². The van der Waals surface area contributed by atoms with Crippen LogP contribution in [0.4, 0.5) is 0 Å². The molecule has 0 spiro atoms. The maximum absolute atomic E-state index is 12.5. The van der Waals surface area contributed by atoms with E-state index in [2.05, 4.69) is 44.7 Å². The summed E-state index contributed by atoms with van der Waals surface area (Å²) in [5.41, 5.74) is 2.49. The first kappa shape index (κ1) is 29.2. The first-order valence-corrected chi connectivity index (χ1v) is 12.6. The van der Waals surface area contributed by atoms with E-state index in [1.807, 2.05) is 6.92 Å². The first-order valence-electron chi connectivity index (χ1n) is 12.6. The van der Waals surface area contributed by atoms with E-state index in [0.717, 1.165) is 44.9 Å². The fourth-order valence-corrected chi connectivity index (χ4v) is 4.27. The van der Waals surface area contributed by atoms with Gasteiger partial charge in [-0.05, 0) is 0 Å². The zero-order chi connectivity index (χ0) is 24.6. The van der Waals surface area contributed by atoms with Crippen molar-refractivity contribution in [3.63, 3.8) is 0 Å². The number of ether oxygens (including phenoxy) is 1. The molecule has 1 fully saturated rings. The van der Waals surface area contributed by atoms with Crippen LogP contribution in [0.5, 0.6) is 0 Å². The van der Waals surface area contributed by atoms with E-state index in [9.17, 15) is 14.4 Å². The van der Waals surface area contributed by atoms with Crippen LogP contribution in [-0.4, -0.2) is 43.6 Å². The van der Waals surface area contributed by atoms with Gasteiger partial charge in [-0.3, -0.25) is 14.9 Å². The molecule has 0 radical (unpaired) electrons. The van der Waals surface area contributed by atoms with E-state index in [0.29, 0.717) is 19.3 Å². The molecule has 33 heavy (non-hydrogen) atoms. The van der Waals surface area contributed by atoms with Crippen LogP contribution in [0.1, 0.15) is 97.8 Å². The summed E-state index contributed by atoms with van der Waals surface area (Å²) >= 11 is 0. The molecule has 1 saturated heterocycles. The molecule has 5 nitrogen and oxygen atoms in total. The number of Topliss-reactive ketones (excluding diaryl/α,β-unsaturated/α-hetero) is 1. The van der Waals surface area contributed by atoms with Gasteiger partial charge in [-0.2, -0.15) is 0 Å². The fraction of sp³-hybridized carbons (Fsp3) is 0.704. The molecule has 0 bridgehead atoms. The number of rotatable bonds is 17. The van der Waals surface area contributed by atoms with E-state index < -0.39 is 0 Å². The van der Waals surface area contributed by atoms with Crippen LogP contribution in [-0.2, 0) is 19.1 Å². The van der Waals surface area contributed by atoms with Gasteiger partial charge in [-0.25, -0.2) is 0 Å². The second-order valence-electron chi connectivity index (χ2n) is 9.74. The number of hydrogen-bond acceptors (Lipinski definition) is 4. The first-order chi connectivity index (χ1) is 15.7. The SMILES string of the molecule is C=C(C)CCCCC=BC(CC/C=C(/C)CC(C)C(=O)CCCC1CC(=O)NC(=O)C1)OC. The van der Waals surface area contributed by atoms with Gasteiger partial charge in [0.05, 0.1) is 0 Å². The van der Waals surface area contributed by atoms with Crippen molar-refractivity contribution in [2.75, 3.05) is 7.11 Å². The van der Waals surface area contributed by atoms with Gasteiger partial charge >= 0.3 is 162 Å². The van der Waals surface area contributed by atoms with E-state index in [1.54, 1.807) is 7.11 Å². The molecule has 1 rings (SSSR count). The molecule has 0 aromatic rings. The second kappa shape index (κ2) is 16.7. The van der Waals surface area contributed by atoms with Crippen molar-refractivity contribution in [3.8, 4) is 0 Å². The molecule has 2 unspecified atom stereocenters. The Morgan fingerprint density at radius 3 is 2.48 bits per heavy atom. The number of imide groups is 1. The summed E-state index contributed by atoms with van der Waals surface area (Å²) in [6.45, 7) is 12.3. The Hall–Kier alpha value is -1.82. The van der Waals surface area contributed by atoms with E-state index in [4.69, 9.17) is 4.74 Å². The summed E-state index contributed by atoms with van der Waals surface area (Å²) in [5.74, 6) is 2.17. The van der Waals surface area contributed by atoms with Gasteiger partial charge in [0.25, 0.3) is 0 Å². The summed E-state index contributed by atoms with van der Waals surface area (Å²) in [5, 5.41) is 2.33. The van der Waals surface area contributed by atoms with Crippen LogP contribution in [0.2, 0.25) is 0 Å². The standard InChI is InChI=1S/C27H44BNO4/c1-20(2)11-7-6-8-16-28-25(33-5)15-9-12-21(3)17-22(4)24(30)14-10-13-23-18-26(31)29-27(32)19-23/h12,16,22-23,25H,1,6-11,13-15,17-19H2,2-5H3,(H,29,31,32)/b21-12-. The predicted octanol–water partition coefficient (Wildman–Crippen LogP) is 5.15. The summed E-state index contributed by atoms with van der Waals surface area (Å²) in [7, 11) is 1.75. The van der Waals surface area contributed by atoms with Crippen molar-refractivity contribution in [3.05, 3.63) is 23.8 Å². The quantitative estimate of drug-likeness (QED) is 0.142. The molecule has 0 saturated carbocycles. The predicted molar refractivity (Wildman–Crippen MR) is 137 cm³/mol. The average Bonchev–Trinajstić information content (AvgIpc) is 2.73. The molecule has 6 heteroatoms. The van der Waals surface area contributed by atoms with Crippen LogP contribution >= 0.6 is 0 Å². The van der Waals surface area contributed by atoms with E-state index in [-0.39, 0.29) is 35.4 Å². The molecule has 0 aromatic carbocycles. The second-order valence-corrected chi connectivity index (χ2v) is 9.74. The van der Waals surface area contributed by atoms with Crippen molar-refractivity contribution in [1.29, 1.82) is 0 Å². The van der Waals surface area contributed by atoms with E-state index >= 15 is 0 Å². The Bertz CT molecular complexity index is 697. The Balaban J connectivity index is 2.25. The molecular weight excluding hydrogens is 413 g/mol. The van der Waals surface area contributed by atoms with E-state index in [1.165, 1.54) is 24.0 Å². The average molecular weight is 457 g/mol. The minimum absolute atomic E-state index is 0.00476. The van der Waals surface area contributed by atoms with Crippen LogP contribution in [0.3, 0.4) is 0 Å². The third-order valence-electron chi connectivity index (χ3n) is 6.26. The Labute approximate surface area is 201 Å². The van der Waals surface area contributed by atoms with Gasteiger partial charge in [-0.1, -0.05) is 0 Å². The third kappa shape index (κ3) is 14.1. The third-order valence-corrected chi connectivity index (χ3v) is 6.26. The molecule has 1 aliphatic rings. The molecule has 1 aliphatic heterocycles. The molecule has 184 valence electrons. The van der Waals surface area contributed by atoms with Gasteiger partial charge in [-0.15, -0.1) is 0 Å². The fourth-order valence-electron chi connectivity index (χ4n) is 4.27. The number of hydrogen-bond donors (Lipinski definition) is 1. The summed E-state index contributed by atoms with van der Waals surface area (Å²) in [6, 6.07) is 0.128. The molecule has 0 aliphatic carbocycles. The van der Waals surface area contributed by atoms with Crippen molar-refractivity contribution in [2.24, 2.45) is 11.8 Å². The summed E-state index contributed by atoms with van der Waals surface area (Å²) in [4.78, 5) is 35.4. The Morgan fingerprint density at radius 2 is 1.85 bits per heavy atom.